The zero-order valence-corrected chi connectivity index (χ0v) is 19.3. The van der Waals surface area contributed by atoms with Crippen LogP contribution in [0.3, 0.4) is 0 Å². The van der Waals surface area contributed by atoms with Crippen molar-refractivity contribution in [2.24, 2.45) is 0 Å². The maximum atomic E-state index is 5.57. The van der Waals surface area contributed by atoms with Crippen LogP contribution in [-0.4, -0.2) is 29.2 Å². The number of ether oxygens (including phenoxy) is 2. The number of hydrogen-bond acceptors (Lipinski definition) is 8. The van der Waals surface area contributed by atoms with E-state index in [9.17, 15) is 0 Å². The summed E-state index contributed by atoms with van der Waals surface area (Å²) in [5.74, 6) is 2.21. The minimum absolute atomic E-state index is 0.715. The Bertz CT molecular complexity index is 1200. The van der Waals surface area contributed by atoms with Gasteiger partial charge < -0.3 is 9.47 Å². The Balaban J connectivity index is 1.41. The second-order valence-corrected chi connectivity index (χ2v) is 9.95. The molecule has 1 aromatic carbocycles. The molecule has 0 saturated heterocycles. The Kier molecular flexibility index (Phi) is 5.62. The molecule has 0 radical (unpaired) electrons. The van der Waals surface area contributed by atoms with Gasteiger partial charge in [-0.2, -0.15) is 0 Å². The quantitative estimate of drug-likeness (QED) is 0.262. The fourth-order valence-electron chi connectivity index (χ4n) is 3.87. The summed E-state index contributed by atoms with van der Waals surface area (Å²) in [6.07, 6.45) is 6.56. The Morgan fingerprint density at radius 3 is 2.87 bits per heavy atom. The van der Waals surface area contributed by atoms with Crippen molar-refractivity contribution in [2.75, 3.05) is 14.2 Å². The van der Waals surface area contributed by atoms with Crippen LogP contribution in [0.2, 0.25) is 0 Å². The highest BCUT2D eigenvalue weighted by molar-refractivity contribution is 7.98. The number of thioether (sulfide) groups is 1. The summed E-state index contributed by atoms with van der Waals surface area (Å²) in [6.45, 7) is 0. The summed E-state index contributed by atoms with van der Waals surface area (Å²) in [6, 6.07) is 5.88. The number of para-hydroxylation sites is 1. The maximum absolute atomic E-state index is 5.57. The summed E-state index contributed by atoms with van der Waals surface area (Å²) >= 11 is 5.22. The molecule has 8 heteroatoms. The Hall–Kier alpha value is -2.16. The van der Waals surface area contributed by atoms with Gasteiger partial charge in [-0.1, -0.05) is 17.8 Å². The monoisotopic (exact) mass is 455 g/mol. The first kappa shape index (κ1) is 19.8. The molecule has 0 amide bonds. The lowest BCUT2D eigenvalue weighted by Gasteiger charge is -2.11. The minimum Gasteiger partial charge on any atom is -0.493 e. The van der Waals surface area contributed by atoms with E-state index in [0.29, 0.717) is 5.75 Å². The van der Waals surface area contributed by atoms with E-state index in [0.717, 1.165) is 44.0 Å². The van der Waals surface area contributed by atoms with Crippen LogP contribution in [0.4, 0.5) is 0 Å². The van der Waals surface area contributed by atoms with Gasteiger partial charge in [0.2, 0.25) is 0 Å². The van der Waals surface area contributed by atoms with E-state index < -0.39 is 0 Å². The second kappa shape index (κ2) is 8.53. The number of aryl methyl sites for hydroxylation is 2. The molecular formula is C22H21N3O2S3. The number of hydrogen-bond donors (Lipinski definition) is 0. The van der Waals surface area contributed by atoms with Crippen LogP contribution < -0.4 is 9.47 Å². The second-order valence-electron chi connectivity index (χ2n) is 7.04. The molecule has 0 saturated carbocycles. The molecular weight excluding hydrogens is 434 g/mol. The predicted molar refractivity (Wildman–Crippen MR) is 124 cm³/mol. The van der Waals surface area contributed by atoms with Gasteiger partial charge in [-0.15, -0.1) is 22.7 Å². The number of thiazole rings is 1. The van der Waals surface area contributed by atoms with Crippen LogP contribution in [0.25, 0.3) is 20.8 Å². The molecule has 5 nitrogen and oxygen atoms in total. The van der Waals surface area contributed by atoms with E-state index in [1.165, 1.54) is 35.1 Å². The van der Waals surface area contributed by atoms with Crippen molar-refractivity contribution in [3.63, 3.8) is 0 Å². The van der Waals surface area contributed by atoms with E-state index in [4.69, 9.17) is 14.5 Å². The van der Waals surface area contributed by atoms with E-state index in [1.807, 2.05) is 29.5 Å². The average molecular weight is 456 g/mol. The molecule has 5 rings (SSSR count). The van der Waals surface area contributed by atoms with Crippen molar-refractivity contribution in [3.8, 4) is 22.1 Å². The minimum atomic E-state index is 0.715. The van der Waals surface area contributed by atoms with Crippen LogP contribution in [0.5, 0.6) is 11.5 Å². The molecule has 0 aliphatic heterocycles. The number of benzene rings is 1. The highest BCUT2D eigenvalue weighted by Crippen LogP contribution is 2.41. The van der Waals surface area contributed by atoms with E-state index in [2.05, 4.69) is 15.3 Å². The van der Waals surface area contributed by atoms with Crippen LogP contribution >= 0.6 is 34.4 Å². The molecule has 0 N–H and O–H groups in total. The third-order valence-corrected chi connectivity index (χ3v) is 8.41. The molecule has 4 aromatic rings. The maximum Gasteiger partial charge on any atom is 0.170 e. The Morgan fingerprint density at radius 1 is 1.10 bits per heavy atom. The fourth-order valence-corrected chi connectivity index (χ4v) is 7.02. The number of methoxy groups -OCH3 is 2. The zero-order valence-electron chi connectivity index (χ0n) is 16.8. The van der Waals surface area contributed by atoms with Crippen LogP contribution in [-0.2, 0) is 18.6 Å². The molecule has 1 aliphatic carbocycles. The standard InChI is InChI=1S/C22H21N3O2S3/c1-26-16-8-5-7-15(19(16)27-2)20-25-13(10-28-20)11-29-21-18-14-6-3-4-9-17(14)30-22(18)24-12-23-21/h5,7-8,10,12H,3-4,6,9,11H2,1-2H3. The number of rotatable bonds is 6. The molecule has 0 bridgehead atoms. The van der Waals surface area contributed by atoms with Gasteiger partial charge >= 0.3 is 0 Å². The highest BCUT2D eigenvalue weighted by atomic mass is 32.2. The molecule has 0 fully saturated rings. The summed E-state index contributed by atoms with van der Waals surface area (Å²) in [7, 11) is 3.31. The van der Waals surface area contributed by atoms with Crippen molar-refractivity contribution >= 4 is 44.7 Å². The van der Waals surface area contributed by atoms with Gasteiger partial charge in [-0.25, -0.2) is 15.0 Å². The van der Waals surface area contributed by atoms with Gasteiger partial charge in [0, 0.05) is 21.4 Å². The molecule has 0 spiro atoms. The third-order valence-electron chi connectivity index (χ3n) is 5.26. The largest absolute Gasteiger partial charge is 0.493 e. The number of thiophene rings is 1. The first-order valence-corrected chi connectivity index (χ1v) is 12.5. The molecule has 3 aromatic heterocycles. The number of nitrogens with zero attached hydrogens (tertiary/aromatic N) is 3. The average Bonchev–Trinajstić information content (AvgIpc) is 3.41. The van der Waals surface area contributed by atoms with Gasteiger partial charge in [0.25, 0.3) is 0 Å². The summed E-state index contributed by atoms with van der Waals surface area (Å²) in [4.78, 5) is 16.6. The van der Waals surface area contributed by atoms with Crippen molar-refractivity contribution in [3.05, 3.63) is 46.0 Å². The van der Waals surface area contributed by atoms with Crippen LogP contribution in [0.1, 0.15) is 29.0 Å². The smallest absolute Gasteiger partial charge is 0.170 e. The normalized spacial score (nSPS) is 13.4. The first-order chi connectivity index (χ1) is 14.8. The van der Waals surface area contributed by atoms with Gasteiger partial charge in [0.1, 0.15) is 21.2 Å². The third kappa shape index (κ3) is 3.57. The predicted octanol–water partition coefficient (Wildman–Crippen LogP) is 6.00. The zero-order chi connectivity index (χ0) is 20.5. The summed E-state index contributed by atoms with van der Waals surface area (Å²) in [5.41, 5.74) is 3.47. The van der Waals surface area contributed by atoms with Gasteiger partial charge in [0.05, 0.1) is 25.5 Å². The molecule has 154 valence electrons. The van der Waals surface area contributed by atoms with Crippen molar-refractivity contribution < 1.29 is 9.47 Å². The van der Waals surface area contributed by atoms with Gasteiger partial charge in [0.15, 0.2) is 11.5 Å². The van der Waals surface area contributed by atoms with E-state index >= 15 is 0 Å². The molecule has 30 heavy (non-hydrogen) atoms. The Morgan fingerprint density at radius 2 is 2.00 bits per heavy atom. The van der Waals surface area contributed by atoms with Gasteiger partial charge in [-0.05, 0) is 43.4 Å². The molecule has 1 aliphatic rings. The lowest BCUT2D eigenvalue weighted by molar-refractivity contribution is 0.356. The molecule has 0 atom stereocenters. The van der Waals surface area contributed by atoms with Crippen LogP contribution in [0, 0.1) is 0 Å². The van der Waals surface area contributed by atoms with Gasteiger partial charge in [-0.3, -0.25) is 0 Å². The lowest BCUT2D eigenvalue weighted by Crippen LogP contribution is -1.99. The van der Waals surface area contributed by atoms with E-state index in [-0.39, 0.29) is 0 Å². The number of aromatic nitrogens is 3. The summed E-state index contributed by atoms with van der Waals surface area (Å²) in [5, 5.41) is 5.39. The van der Waals surface area contributed by atoms with Crippen molar-refractivity contribution in [1.82, 2.24) is 15.0 Å². The highest BCUT2D eigenvalue weighted by Gasteiger charge is 2.20. The topological polar surface area (TPSA) is 57.1 Å². The van der Waals surface area contributed by atoms with Crippen LogP contribution in [0.15, 0.2) is 34.9 Å². The lowest BCUT2D eigenvalue weighted by atomic mass is 9.97. The molecule has 3 heterocycles. The Labute approximate surface area is 187 Å². The van der Waals surface area contributed by atoms with Crippen molar-refractivity contribution in [2.45, 2.75) is 36.5 Å². The fraction of sp³-hybridized carbons (Fsp3) is 0.318. The molecule has 0 unspecified atom stereocenters. The number of fused-ring (bicyclic) bond motifs is 3. The van der Waals surface area contributed by atoms with E-state index in [1.54, 1.807) is 43.6 Å². The SMILES string of the molecule is COc1cccc(-c2nc(CSc3ncnc4sc5c(c34)CCCC5)cs2)c1OC. The first-order valence-electron chi connectivity index (χ1n) is 9.82. The summed E-state index contributed by atoms with van der Waals surface area (Å²) < 4.78 is 11.0. The van der Waals surface area contributed by atoms with Crippen molar-refractivity contribution in [1.29, 1.82) is 0 Å².